The van der Waals surface area contributed by atoms with Gasteiger partial charge in [-0.25, -0.2) is 0 Å². The number of hydrogen-bond acceptors (Lipinski definition) is 3. The van der Waals surface area contributed by atoms with Gasteiger partial charge in [0.15, 0.2) is 0 Å². The molecule has 2 rings (SSSR count). The van der Waals surface area contributed by atoms with Crippen molar-refractivity contribution in [3.05, 3.63) is 23.8 Å². The van der Waals surface area contributed by atoms with E-state index in [4.69, 9.17) is 4.74 Å². The molecule has 0 fully saturated rings. The third kappa shape index (κ3) is 2.13. The van der Waals surface area contributed by atoms with E-state index >= 15 is 0 Å². The van der Waals surface area contributed by atoms with Crippen LogP contribution in [0.4, 0.5) is 0 Å². The van der Waals surface area contributed by atoms with Gasteiger partial charge in [-0.05, 0) is 37.3 Å². The van der Waals surface area contributed by atoms with E-state index in [-0.39, 0.29) is 0 Å². The molecule has 82 valence electrons. The summed E-state index contributed by atoms with van der Waals surface area (Å²) in [5.74, 6) is 2.20. The van der Waals surface area contributed by atoms with Gasteiger partial charge in [0, 0.05) is 6.04 Å². The summed E-state index contributed by atoms with van der Waals surface area (Å²) in [6.07, 6.45) is 2.47. The van der Waals surface area contributed by atoms with E-state index in [0.717, 1.165) is 5.75 Å². The average Bonchev–Trinajstić information content (AvgIpc) is 2.50. The first-order valence-corrected chi connectivity index (χ1v) is 6.32. The molecule has 0 aromatic heterocycles. The Kier molecular flexibility index (Phi) is 3.54. The van der Waals surface area contributed by atoms with Crippen molar-refractivity contribution in [2.24, 2.45) is 0 Å². The van der Waals surface area contributed by atoms with Gasteiger partial charge < -0.3 is 10.1 Å². The van der Waals surface area contributed by atoms with E-state index < -0.39 is 0 Å². The van der Waals surface area contributed by atoms with Crippen molar-refractivity contribution < 1.29 is 4.74 Å². The first-order chi connectivity index (χ1) is 7.36. The van der Waals surface area contributed by atoms with Crippen LogP contribution >= 0.6 is 11.8 Å². The Labute approximate surface area is 95.4 Å². The van der Waals surface area contributed by atoms with Crippen molar-refractivity contribution in [1.29, 1.82) is 0 Å². The summed E-state index contributed by atoms with van der Waals surface area (Å²) in [5.41, 5.74) is 1.39. The highest BCUT2D eigenvalue weighted by atomic mass is 32.2. The maximum absolute atomic E-state index is 5.41. The molecule has 15 heavy (non-hydrogen) atoms. The van der Waals surface area contributed by atoms with Crippen molar-refractivity contribution in [2.75, 3.05) is 19.9 Å². The second-order valence-corrected chi connectivity index (χ2v) is 4.82. The van der Waals surface area contributed by atoms with Gasteiger partial charge in [-0.2, -0.15) is 0 Å². The number of nitrogens with one attached hydrogen (secondary N) is 1. The van der Waals surface area contributed by atoms with E-state index in [1.54, 1.807) is 7.11 Å². The van der Waals surface area contributed by atoms with Crippen molar-refractivity contribution in [1.82, 2.24) is 5.32 Å². The van der Waals surface area contributed by atoms with Crippen molar-refractivity contribution in [2.45, 2.75) is 23.8 Å². The lowest BCUT2D eigenvalue weighted by Crippen LogP contribution is -2.16. The van der Waals surface area contributed by atoms with Crippen LogP contribution in [0.25, 0.3) is 0 Å². The molecule has 0 bridgehead atoms. The van der Waals surface area contributed by atoms with Crippen LogP contribution in [0.15, 0.2) is 23.1 Å². The fraction of sp³-hybridized carbons (Fsp3) is 0.500. The lowest BCUT2D eigenvalue weighted by atomic mass is 10.0. The summed E-state index contributed by atoms with van der Waals surface area (Å²) >= 11 is 1.91. The van der Waals surface area contributed by atoms with Crippen LogP contribution in [0.1, 0.15) is 24.4 Å². The van der Waals surface area contributed by atoms with Gasteiger partial charge in [-0.3, -0.25) is 0 Å². The lowest BCUT2D eigenvalue weighted by molar-refractivity contribution is 0.401. The Morgan fingerprint density at radius 2 is 2.33 bits per heavy atom. The zero-order chi connectivity index (χ0) is 10.7. The molecule has 1 aromatic carbocycles. The van der Waals surface area contributed by atoms with Gasteiger partial charge in [-0.1, -0.05) is 12.1 Å². The number of hydrogen-bond donors (Lipinski definition) is 1. The molecule has 1 aliphatic rings. The smallest absolute Gasteiger partial charge is 0.132 e. The highest BCUT2D eigenvalue weighted by Crippen LogP contribution is 2.40. The molecule has 0 amide bonds. The van der Waals surface area contributed by atoms with Crippen molar-refractivity contribution in [3.8, 4) is 5.75 Å². The minimum absolute atomic E-state index is 0.477. The highest BCUT2D eigenvalue weighted by molar-refractivity contribution is 7.99. The number of methoxy groups -OCH3 is 1. The van der Waals surface area contributed by atoms with E-state index in [2.05, 4.69) is 17.4 Å². The Balaban J connectivity index is 2.44. The summed E-state index contributed by atoms with van der Waals surface area (Å²) in [5, 5.41) is 3.38. The summed E-state index contributed by atoms with van der Waals surface area (Å²) in [6, 6.07) is 6.81. The standard InChI is InChI=1S/C12H17NOS/c1-13-10-6-4-8-15-12-9(10)5-3-7-11(12)14-2/h3,5,7,10,13H,4,6,8H2,1-2H3. The molecular formula is C12H17NOS. The Bertz CT molecular complexity index is 340. The third-order valence-corrected chi connectivity index (χ3v) is 4.06. The first kappa shape index (κ1) is 10.8. The molecule has 1 aromatic rings. The lowest BCUT2D eigenvalue weighted by Gasteiger charge is -2.17. The number of thioether (sulfide) groups is 1. The second kappa shape index (κ2) is 4.90. The number of rotatable bonds is 2. The van der Waals surface area contributed by atoms with Gasteiger partial charge in [0.2, 0.25) is 0 Å². The van der Waals surface area contributed by atoms with Gasteiger partial charge in [0.25, 0.3) is 0 Å². The molecule has 1 unspecified atom stereocenters. The van der Waals surface area contributed by atoms with Crippen LogP contribution in [0, 0.1) is 0 Å². The number of fused-ring (bicyclic) bond motifs is 1. The van der Waals surface area contributed by atoms with E-state index in [0.29, 0.717) is 6.04 Å². The molecule has 1 aliphatic heterocycles. The molecule has 0 saturated carbocycles. The molecule has 2 nitrogen and oxygen atoms in total. The summed E-state index contributed by atoms with van der Waals surface area (Å²) in [7, 11) is 3.78. The van der Waals surface area contributed by atoms with E-state index in [1.807, 2.05) is 24.9 Å². The van der Waals surface area contributed by atoms with Crippen LogP contribution in [0.3, 0.4) is 0 Å². The average molecular weight is 223 g/mol. The largest absolute Gasteiger partial charge is 0.496 e. The molecule has 3 heteroatoms. The number of benzene rings is 1. The minimum Gasteiger partial charge on any atom is -0.496 e. The van der Waals surface area contributed by atoms with Crippen LogP contribution < -0.4 is 10.1 Å². The Morgan fingerprint density at radius 3 is 3.07 bits per heavy atom. The predicted molar refractivity (Wildman–Crippen MR) is 64.8 cm³/mol. The Morgan fingerprint density at radius 1 is 1.47 bits per heavy atom. The summed E-state index contributed by atoms with van der Waals surface area (Å²) < 4.78 is 5.41. The maximum atomic E-state index is 5.41. The molecule has 0 saturated heterocycles. The molecule has 0 spiro atoms. The van der Waals surface area contributed by atoms with Gasteiger partial charge >= 0.3 is 0 Å². The van der Waals surface area contributed by atoms with Crippen molar-refractivity contribution >= 4 is 11.8 Å². The molecule has 0 radical (unpaired) electrons. The number of ether oxygens (including phenoxy) is 1. The zero-order valence-electron chi connectivity index (χ0n) is 9.25. The fourth-order valence-corrected chi connectivity index (χ4v) is 3.23. The maximum Gasteiger partial charge on any atom is 0.132 e. The van der Waals surface area contributed by atoms with Crippen LogP contribution in [0.2, 0.25) is 0 Å². The SMILES string of the molecule is CNC1CCCSc2c(OC)cccc21. The van der Waals surface area contributed by atoms with Crippen LogP contribution in [0.5, 0.6) is 5.75 Å². The van der Waals surface area contributed by atoms with Crippen LogP contribution in [-0.2, 0) is 0 Å². The topological polar surface area (TPSA) is 21.3 Å². The quantitative estimate of drug-likeness (QED) is 0.833. The molecule has 1 N–H and O–H groups in total. The Hall–Kier alpha value is -0.670. The predicted octanol–water partition coefficient (Wildman–Crippen LogP) is 2.84. The minimum atomic E-state index is 0.477. The molecule has 1 heterocycles. The van der Waals surface area contributed by atoms with Gasteiger partial charge in [0.05, 0.1) is 12.0 Å². The monoisotopic (exact) mass is 223 g/mol. The summed E-state index contributed by atoms with van der Waals surface area (Å²) in [6.45, 7) is 0. The van der Waals surface area contributed by atoms with Crippen molar-refractivity contribution in [3.63, 3.8) is 0 Å². The second-order valence-electron chi connectivity index (χ2n) is 3.71. The zero-order valence-corrected chi connectivity index (χ0v) is 10.1. The fourth-order valence-electron chi connectivity index (χ4n) is 2.04. The van der Waals surface area contributed by atoms with Crippen LogP contribution in [-0.4, -0.2) is 19.9 Å². The highest BCUT2D eigenvalue weighted by Gasteiger charge is 2.19. The normalized spacial score (nSPS) is 20.5. The summed E-state index contributed by atoms with van der Waals surface area (Å²) in [4.78, 5) is 1.32. The first-order valence-electron chi connectivity index (χ1n) is 5.33. The van der Waals surface area contributed by atoms with Gasteiger partial charge in [0.1, 0.15) is 5.75 Å². The van der Waals surface area contributed by atoms with Gasteiger partial charge in [-0.15, -0.1) is 11.8 Å². The molecular weight excluding hydrogens is 206 g/mol. The van der Waals surface area contributed by atoms with E-state index in [9.17, 15) is 0 Å². The molecule has 0 aliphatic carbocycles. The van der Waals surface area contributed by atoms with E-state index in [1.165, 1.54) is 29.1 Å². The molecule has 1 atom stereocenters. The third-order valence-electron chi connectivity index (χ3n) is 2.84.